The lowest BCUT2D eigenvalue weighted by atomic mass is 10.2. The third-order valence-corrected chi connectivity index (χ3v) is 3.08. The number of nitrogens with zero attached hydrogens (tertiary/aromatic N) is 2. The lowest BCUT2D eigenvalue weighted by Gasteiger charge is -2.05. The van der Waals surface area contributed by atoms with E-state index in [1.54, 1.807) is 0 Å². The number of halogens is 3. The summed E-state index contributed by atoms with van der Waals surface area (Å²) >= 11 is 8.88. The van der Waals surface area contributed by atoms with Gasteiger partial charge in [0.25, 0.3) is 0 Å². The van der Waals surface area contributed by atoms with Crippen LogP contribution in [0.5, 0.6) is 0 Å². The largest absolute Gasteiger partial charge is 0.476 e. The van der Waals surface area contributed by atoms with Gasteiger partial charge in [-0.3, -0.25) is 0 Å². The zero-order valence-corrected chi connectivity index (χ0v) is 11.0. The molecule has 0 bridgehead atoms. The average molecular weight is 332 g/mol. The van der Waals surface area contributed by atoms with Crippen molar-refractivity contribution in [3.63, 3.8) is 0 Å². The molecule has 0 aliphatic carbocycles. The molecule has 0 aliphatic rings. The Hall–Kier alpha value is -1.53. The van der Waals surface area contributed by atoms with Gasteiger partial charge in [-0.15, -0.1) is 0 Å². The van der Waals surface area contributed by atoms with Gasteiger partial charge in [0.15, 0.2) is 11.5 Å². The van der Waals surface area contributed by atoms with Gasteiger partial charge in [-0.25, -0.2) is 19.2 Å². The Kier molecular flexibility index (Phi) is 3.58. The average Bonchev–Trinajstić information content (AvgIpc) is 2.33. The first-order valence-electron chi connectivity index (χ1n) is 4.70. The molecule has 0 fully saturated rings. The van der Waals surface area contributed by atoms with Crippen molar-refractivity contribution in [2.75, 3.05) is 0 Å². The first-order chi connectivity index (χ1) is 8.49. The van der Waals surface area contributed by atoms with E-state index in [-0.39, 0.29) is 16.5 Å². The summed E-state index contributed by atoms with van der Waals surface area (Å²) in [5.74, 6) is -1.65. The van der Waals surface area contributed by atoms with E-state index in [0.717, 1.165) is 0 Å². The van der Waals surface area contributed by atoms with Gasteiger partial charge in [0.2, 0.25) is 0 Å². The topological polar surface area (TPSA) is 63.1 Å². The van der Waals surface area contributed by atoms with Crippen molar-refractivity contribution in [2.24, 2.45) is 0 Å². The maximum Gasteiger partial charge on any atom is 0.356 e. The molecule has 0 unspecified atom stereocenters. The van der Waals surface area contributed by atoms with E-state index in [0.29, 0.717) is 10.0 Å². The van der Waals surface area contributed by atoms with Gasteiger partial charge in [0.05, 0.1) is 11.2 Å². The molecule has 1 heterocycles. The zero-order chi connectivity index (χ0) is 13.3. The quantitative estimate of drug-likeness (QED) is 0.916. The number of benzene rings is 1. The molecule has 0 amide bonds. The van der Waals surface area contributed by atoms with E-state index in [2.05, 4.69) is 25.9 Å². The molecule has 1 aromatic heterocycles. The first kappa shape index (κ1) is 12.9. The SMILES string of the molecule is O=C(O)c1nc(-c2cc(F)ccc2Br)ncc1Cl. The molecule has 0 aliphatic heterocycles. The molecule has 0 spiro atoms. The van der Waals surface area contributed by atoms with Crippen LogP contribution in [0, 0.1) is 5.82 Å². The van der Waals surface area contributed by atoms with Crippen LogP contribution in [0.2, 0.25) is 5.02 Å². The molecule has 0 radical (unpaired) electrons. The van der Waals surface area contributed by atoms with Gasteiger partial charge >= 0.3 is 5.97 Å². The molecule has 18 heavy (non-hydrogen) atoms. The minimum atomic E-state index is -1.27. The standard InChI is InChI=1S/C11H5BrClFN2O2/c12-7-2-1-5(14)3-6(7)10-15-4-8(13)9(16-10)11(17)18/h1-4H,(H,17,18). The summed E-state index contributed by atoms with van der Waals surface area (Å²) in [5, 5.41) is 8.83. The zero-order valence-electron chi connectivity index (χ0n) is 8.69. The number of hydrogen-bond donors (Lipinski definition) is 1. The number of aromatic carboxylic acids is 1. The number of carboxylic acid groups (broad SMARTS) is 1. The maximum absolute atomic E-state index is 13.2. The number of hydrogen-bond acceptors (Lipinski definition) is 3. The maximum atomic E-state index is 13.2. The van der Waals surface area contributed by atoms with E-state index in [1.165, 1.54) is 24.4 Å². The Bertz CT molecular complexity index is 636. The van der Waals surface area contributed by atoms with Gasteiger partial charge < -0.3 is 5.11 Å². The minimum Gasteiger partial charge on any atom is -0.476 e. The van der Waals surface area contributed by atoms with E-state index in [9.17, 15) is 9.18 Å². The molecule has 1 aromatic carbocycles. The molecule has 2 rings (SSSR count). The molecule has 7 heteroatoms. The molecule has 2 aromatic rings. The van der Waals surface area contributed by atoms with Crippen LogP contribution in [0.25, 0.3) is 11.4 Å². The van der Waals surface area contributed by atoms with Gasteiger partial charge in [-0.1, -0.05) is 27.5 Å². The number of carbonyl (C=O) groups is 1. The van der Waals surface area contributed by atoms with Crippen LogP contribution in [-0.2, 0) is 0 Å². The lowest BCUT2D eigenvalue weighted by Crippen LogP contribution is -2.04. The highest BCUT2D eigenvalue weighted by Gasteiger charge is 2.15. The smallest absolute Gasteiger partial charge is 0.356 e. The molecule has 92 valence electrons. The van der Waals surface area contributed by atoms with Gasteiger partial charge in [0.1, 0.15) is 5.82 Å². The lowest BCUT2D eigenvalue weighted by molar-refractivity contribution is 0.0690. The highest BCUT2D eigenvalue weighted by atomic mass is 79.9. The summed E-state index contributed by atoms with van der Waals surface area (Å²) in [7, 11) is 0. The molecule has 0 saturated carbocycles. The van der Waals surface area contributed by atoms with Crippen molar-refractivity contribution < 1.29 is 14.3 Å². The second-order valence-corrected chi connectivity index (χ2v) is 4.58. The van der Waals surface area contributed by atoms with Crippen LogP contribution in [0.3, 0.4) is 0 Å². The Morgan fingerprint density at radius 3 is 2.83 bits per heavy atom. The Balaban J connectivity index is 2.61. The van der Waals surface area contributed by atoms with Gasteiger partial charge in [-0.05, 0) is 18.2 Å². The Morgan fingerprint density at radius 2 is 2.17 bits per heavy atom. The summed E-state index contributed by atoms with van der Waals surface area (Å²) in [4.78, 5) is 18.6. The third-order valence-electron chi connectivity index (χ3n) is 2.12. The van der Waals surface area contributed by atoms with Crippen molar-refractivity contribution >= 4 is 33.5 Å². The normalized spacial score (nSPS) is 10.4. The predicted octanol–water partition coefficient (Wildman–Crippen LogP) is 3.40. The number of carboxylic acids is 1. The summed E-state index contributed by atoms with van der Waals surface area (Å²) < 4.78 is 13.7. The third kappa shape index (κ3) is 2.49. The molecule has 0 atom stereocenters. The summed E-state index contributed by atoms with van der Waals surface area (Å²) in [6.07, 6.45) is 1.17. The van der Waals surface area contributed by atoms with Crippen LogP contribution >= 0.6 is 27.5 Å². The fourth-order valence-corrected chi connectivity index (χ4v) is 1.91. The van der Waals surface area contributed by atoms with Crippen molar-refractivity contribution in [2.45, 2.75) is 0 Å². The summed E-state index contributed by atoms with van der Waals surface area (Å²) in [5.41, 5.74) is 0.0343. The Morgan fingerprint density at radius 1 is 1.44 bits per heavy atom. The fourth-order valence-electron chi connectivity index (χ4n) is 1.32. The van der Waals surface area contributed by atoms with Crippen molar-refractivity contribution in [1.82, 2.24) is 9.97 Å². The highest BCUT2D eigenvalue weighted by Crippen LogP contribution is 2.27. The number of rotatable bonds is 2. The molecule has 1 N–H and O–H groups in total. The fraction of sp³-hybridized carbons (Fsp3) is 0. The molecule has 4 nitrogen and oxygen atoms in total. The van der Waals surface area contributed by atoms with E-state index in [4.69, 9.17) is 16.7 Å². The summed E-state index contributed by atoms with van der Waals surface area (Å²) in [6.45, 7) is 0. The second-order valence-electron chi connectivity index (χ2n) is 3.32. The van der Waals surface area contributed by atoms with Gasteiger partial charge in [0, 0.05) is 10.0 Å². The van der Waals surface area contributed by atoms with Crippen molar-refractivity contribution in [1.29, 1.82) is 0 Å². The predicted molar refractivity (Wildman–Crippen MR) is 67.1 cm³/mol. The van der Waals surface area contributed by atoms with E-state index >= 15 is 0 Å². The number of aromatic nitrogens is 2. The van der Waals surface area contributed by atoms with Crippen molar-refractivity contribution in [3.05, 3.63) is 45.4 Å². The second kappa shape index (κ2) is 4.99. The van der Waals surface area contributed by atoms with Crippen LogP contribution in [0.1, 0.15) is 10.5 Å². The van der Waals surface area contributed by atoms with E-state index < -0.39 is 11.8 Å². The monoisotopic (exact) mass is 330 g/mol. The molecule has 0 saturated heterocycles. The minimum absolute atomic E-state index is 0.0706. The summed E-state index contributed by atoms with van der Waals surface area (Å²) in [6, 6.07) is 3.96. The first-order valence-corrected chi connectivity index (χ1v) is 5.87. The van der Waals surface area contributed by atoms with Gasteiger partial charge in [-0.2, -0.15) is 0 Å². The van der Waals surface area contributed by atoms with Crippen molar-refractivity contribution in [3.8, 4) is 11.4 Å². The van der Waals surface area contributed by atoms with Crippen LogP contribution in [-0.4, -0.2) is 21.0 Å². The molecular formula is C11H5BrClFN2O2. The highest BCUT2D eigenvalue weighted by molar-refractivity contribution is 9.10. The van der Waals surface area contributed by atoms with E-state index in [1.807, 2.05) is 0 Å². The van der Waals surface area contributed by atoms with Crippen LogP contribution in [0.4, 0.5) is 4.39 Å². The Labute approximate surface area is 115 Å². The molecular weight excluding hydrogens is 326 g/mol. The van der Waals surface area contributed by atoms with Crippen LogP contribution in [0.15, 0.2) is 28.9 Å². The van der Waals surface area contributed by atoms with Crippen LogP contribution < -0.4 is 0 Å².